The third-order valence-electron chi connectivity index (χ3n) is 3.58. The van der Waals surface area contributed by atoms with Crippen LogP contribution in [0, 0.1) is 11.6 Å². The lowest BCUT2D eigenvalue weighted by atomic mass is 9.97. The molecule has 2 aromatic carbocycles. The van der Waals surface area contributed by atoms with Gasteiger partial charge in [0.1, 0.15) is 0 Å². The van der Waals surface area contributed by atoms with Crippen LogP contribution in [0.2, 0.25) is 0 Å². The normalized spacial score (nSPS) is 13.2. The summed E-state index contributed by atoms with van der Waals surface area (Å²) in [6.45, 7) is 0. The Kier molecular flexibility index (Phi) is 3.95. The van der Waals surface area contributed by atoms with Crippen molar-refractivity contribution in [3.63, 3.8) is 0 Å². The maximum Gasteiger partial charge on any atom is 0.418 e. The Hall–Kier alpha value is -2.57. The summed E-state index contributed by atoms with van der Waals surface area (Å²) in [6.07, 6.45) is -5.81. The average Bonchev–Trinajstić information content (AvgIpc) is 2.55. The van der Waals surface area contributed by atoms with E-state index in [0.717, 1.165) is 24.3 Å². The third-order valence-corrected chi connectivity index (χ3v) is 3.58. The summed E-state index contributed by atoms with van der Waals surface area (Å²) < 4.78 is 81.2. The summed E-state index contributed by atoms with van der Waals surface area (Å²) in [6, 6.07) is 7.35. The highest BCUT2D eigenvalue weighted by atomic mass is 19.4. The Balaban J connectivity index is 2.21. The Labute approximate surface area is 132 Å². The van der Waals surface area contributed by atoms with Gasteiger partial charge in [0.25, 0.3) is 0 Å². The second kappa shape index (κ2) is 5.81. The zero-order chi connectivity index (χ0) is 17.5. The first kappa shape index (κ1) is 16.3. The second-order valence-electron chi connectivity index (χ2n) is 5.15. The predicted molar refractivity (Wildman–Crippen MR) is 76.1 cm³/mol. The van der Waals surface area contributed by atoms with Crippen molar-refractivity contribution in [2.75, 3.05) is 0 Å². The van der Waals surface area contributed by atoms with Crippen molar-refractivity contribution in [2.45, 2.75) is 12.3 Å². The summed E-state index contributed by atoms with van der Waals surface area (Å²) in [5.41, 5.74) is -2.55. The minimum Gasteiger partial charge on any atom is -0.256 e. The van der Waals surface area contributed by atoms with Crippen molar-refractivity contribution < 1.29 is 26.3 Å². The molecule has 1 atom stereocenters. The van der Waals surface area contributed by atoms with E-state index in [1.165, 1.54) is 18.3 Å². The van der Waals surface area contributed by atoms with Gasteiger partial charge in [-0.1, -0.05) is 18.2 Å². The van der Waals surface area contributed by atoms with Gasteiger partial charge in [-0.3, -0.25) is 4.98 Å². The fraction of sp³-hybridized carbons (Fsp3) is 0.118. The van der Waals surface area contributed by atoms with Gasteiger partial charge in [0.15, 0.2) is 17.8 Å². The van der Waals surface area contributed by atoms with E-state index in [2.05, 4.69) is 4.98 Å². The molecule has 7 heteroatoms. The molecule has 0 amide bonds. The fourth-order valence-corrected chi connectivity index (χ4v) is 2.47. The molecule has 0 aliphatic carbocycles. The van der Waals surface area contributed by atoms with Crippen molar-refractivity contribution in [1.82, 2.24) is 4.98 Å². The van der Waals surface area contributed by atoms with Gasteiger partial charge >= 0.3 is 6.18 Å². The number of hydrogen-bond acceptors (Lipinski definition) is 1. The van der Waals surface area contributed by atoms with Gasteiger partial charge in [-0.25, -0.2) is 13.2 Å². The quantitative estimate of drug-likeness (QED) is 0.554. The van der Waals surface area contributed by atoms with Crippen molar-refractivity contribution in [2.24, 2.45) is 0 Å². The molecular weight excluding hydrogens is 332 g/mol. The zero-order valence-corrected chi connectivity index (χ0v) is 11.9. The number of rotatable bonds is 2. The first-order chi connectivity index (χ1) is 11.3. The molecule has 0 fully saturated rings. The summed E-state index contributed by atoms with van der Waals surface area (Å²) in [4.78, 5) is 3.68. The molecule has 1 heterocycles. The molecule has 124 valence electrons. The van der Waals surface area contributed by atoms with Crippen LogP contribution in [0.3, 0.4) is 0 Å². The van der Waals surface area contributed by atoms with Gasteiger partial charge in [0.2, 0.25) is 0 Å². The summed E-state index contributed by atoms with van der Waals surface area (Å²) in [5.74, 6) is -2.70. The van der Waals surface area contributed by atoms with Crippen LogP contribution in [0.25, 0.3) is 10.9 Å². The standard InChI is InChI=1S/C17H9F6N/c18-13-5-1-4-11(15(13)20)14(19)10-7-9-3-2-6-24-16(9)12(8-10)17(21,22)23/h1-8,14H. The molecule has 0 aliphatic heterocycles. The summed E-state index contributed by atoms with van der Waals surface area (Å²) in [5, 5.41) is 0.0572. The van der Waals surface area contributed by atoms with Crippen LogP contribution in [0.1, 0.15) is 22.9 Å². The van der Waals surface area contributed by atoms with Crippen molar-refractivity contribution >= 4 is 10.9 Å². The van der Waals surface area contributed by atoms with E-state index in [-0.39, 0.29) is 10.9 Å². The van der Waals surface area contributed by atoms with E-state index in [1.807, 2.05) is 0 Å². The minimum absolute atomic E-state index is 0.0572. The van der Waals surface area contributed by atoms with Gasteiger partial charge in [-0.15, -0.1) is 0 Å². The first-order valence-corrected chi connectivity index (χ1v) is 6.83. The van der Waals surface area contributed by atoms with E-state index < -0.39 is 40.7 Å². The van der Waals surface area contributed by atoms with Gasteiger partial charge in [-0.05, 0) is 29.8 Å². The van der Waals surface area contributed by atoms with E-state index >= 15 is 0 Å². The SMILES string of the molecule is Fc1cccc(C(F)c2cc(C(F)(F)F)c3ncccc3c2)c1F. The fourth-order valence-electron chi connectivity index (χ4n) is 2.47. The average molecular weight is 341 g/mol. The molecule has 0 spiro atoms. The number of aromatic nitrogens is 1. The van der Waals surface area contributed by atoms with Crippen LogP contribution >= 0.6 is 0 Å². The van der Waals surface area contributed by atoms with Crippen LogP contribution in [-0.2, 0) is 6.18 Å². The molecule has 0 bridgehead atoms. The lowest BCUT2D eigenvalue weighted by Gasteiger charge is -2.15. The number of nitrogens with zero attached hydrogens (tertiary/aromatic N) is 1. The number of fused-ring (bicyclic) bond motifs is 1. The molecule has 0 saturated carbocycles. The number of alkyl halides is 4. The van der Waals surface area contributed by atoms with Gasteiger partial charge in [0.05, 0.1) is 11.1 Å². The molecule has 0 aliphatic rings. The predicted octanol–water partition coefficient (Wildman–Crippen LogP) is 5.59. The Morgan fingerprint density at radius 3 is 2.42 bits per heavy atom. The molecular formula is C17H9F6N. The first-order valence-electron chi connectivity index (χ1n) is 6.83. The highest BCUT2D eigenvalue weighted by molar-refractivity contribution is 5.83. The lowest BCUT2D eigenvalue weighted by Crippen LogP contribution is -2.09. The Morgan fingerprint density at radius 1 is 0.958 bits per heavy atom. The van der Waals surface area contributed by atoms with Crippen molar-refractivity contribution in [1.29, 1.82) is 0 Å². The Bertz CT molecular complexity index is 903. The topological polar surface area (TPSA) is 12.9 Å². The number of benzene rings is 2. The number of halogens is 6. The maximum absolute atomic E-state index is 14.6. The zero-order valence-electron chi connectivity index (χ0n) is 11.9. The maximum atomic E-state index is 14.6. The molecule has 0 saturated heterocycles. The van der Waals surface area contributed by atoms with Crippen LogP contribution in [0.4, 0.5) is 26.3 Å². The van der Waals surface area contributed by atoms with Crippen molar-refractivity contribution in [3.8, 4) is 0 Å². The molecule has 1 unspecified atom stereocenters. The van der Waals surface area contributed by atoms with Crippen LogP contribution in [0.5, 0.6) is 0 Å². The monoisotopic (exact) mass is 341 g/mol. The van der Waals surface area contributed by atoms with Crippen LogP contribution < -0.4 is 0 Å². The van der Waals surface area contributed by atoms with Gasteiger partial charge in [0, 0.05) is 17.1 Å². The summed E-state index contributed by atoms with van der Waals surface area (Å²) in [7, 11) is 0. The van der Waals surface area contributed by atoms with Crippen LogP contribution in [-0.4, -0.2) is 4.98 Å². The van der Waals surface area contributed by atoms with Crippen molar-refractivity contribution in [3.05, 3.63) is 77.0 Å². The molecule has 0 radical (unpaired) electrons. The third kappa shape index (κ3) is 2.81. The van der Waals surface area contributed by atoms with Gasteiger partial charge < -0.3 is 0 Å². The minimum atomic E-state index is -4.76. The Morgan fingerprint density at radius 2 is 1.71 bits per heavy atom. The van der Waals surface area contributed by atoms with Gasteiger partial charge in [-0.2, -0.15) is 13.2 Å². The molecule has 1 aromatic heterocycles. The lowest BCUT2D eigenvalue weighted by molar-refractivity contribution is -0.136. The molecule has 3 rings (SSSR count). The van der Waals surface area contributed by atoms with E-state index in [9.17, 15) is 26.3 Å². The molecule has 1 nitrogen and oxygen atoms in total. The summed E-state index contributed by atoms with van der Waals surface area (Å²) >= 11 is 0. The largest absolute Gasteiger partial charge is 0.418 e. The highest BCUT2D eigenvalue weighted by Crippen LogP contribution is 2.38. The number of pyridine rings is 1. The molecule has 3 aromatic rings. The smallest absolute Gasteiger partial charge is 0.256 e. The number of hydrogen-bond donors (Lipinski definition) is 0. The molecule has 0 N–H and O–H groups in total. The molecule has 24 heavy (non-hydrogen) atoms. The van der Waals surface area contributed by atoms with E-state index in [4.69, 9.17) is 0 Å². The van der Waals surface area contributed by atoms with Crippen LogP contribution in [0.15, 0.2) is 48.7 Å². The second-order valence-corrected chi connectivity index (χ2v) is 5.15. The highest BCUT2D eigenvalue weighted by Gasteiger charge is 2.34. The van der Waals surface area contributed by atoms with E-state index in [0.29, 0.717) is 6.07 Å². The van der Waals surface area contributed by atoms with E-state index in [1.54, 1.807) is 0 Å².